The van der Waals surface area contributed by atoms with Gasteiger partial charge in [-0.3, -0.25) is 10.1 Å². The molecular formula is C13H16N4O2. The fourth-order valence-corrected chi connectivity index (χ4v) is 2.16. The molecule has 1 aromatic carbocycles. The lowest BCUT2D eigenvalue weighted by Gasteiger charge is -2.00. The molecule has 0 fully saturated rings. The minimum Gasteiger partial charge on any atom is -0.365 e. The number of urea groups is 1. The highest BCUT2D eigenvalue weighted by atomic mass is 16.2. The molecule has 0 aliphatic carbocycles. The number of carbonyl (C=O) groups is 2. The van der Waals surface area contributed by atoms with Crippen molar-refractivity contribution in [2.45, 2.75) is 19.8 Å². The van der Waals surface area contributed by atoms with E-state index in [0.717, 1.165) is 23.9 Å². The first-order valence-corrected chi connectivity index (χ1v) is 6.03. The summed E-state index contributed by atoms with van der Waals surface area (Å²) in [6, 6.07) is 4.96. The summed E-state index contributed by atoms with van der Waals surface area (Å²) in [5.74, 6) is -0.373. The van der Waals surface area contributed by atoms with Crippen LogP contribution in [0.4, 0.5) is 10.6 Å². The number of rotatable bonds is 4. The van der Waals surface area contributed by atoms with Gasteiger partial charge in [0.05, 0.1) is 5.56 Å². The number of hydrogen-bond acceptors (Lipinski definition) is 2. The second kappa shape index (κ2) is 5.01. The lowest BCUT2D eigenvalue weighted by atomic mass is 10.1. The number of aromatic amines is 1. The van der Waals surface area contributed by atoms with Crippen molar-refractivity contribution in [1.82, 2.24) is 4.98 Å². The van der Waals surface area contributed by atoms with E-state index >= 15 is 0 Å². The van der Waals surface area contributed by atoms with Crippen LogP contribution in [-0.2, 0) is 6.42 Å². The minimum absolute atomic E-state index is 0.239. The number of benzene rings is 1. The van der Waals surface area contributed by atoms with Gasteiger partial charge in [0, 0.05) is 10.9 Å². The number of hydrogen-bond donors (Lipinski definition) is 4. The number of nitrogens with one attached hydrogen (secondary N) is 2. The Morgan fingerprint density at radius 2 is 2.05 bits per heavy atom. The number of aromatic nitrogens is 1. The van der Waals surface area contributed by atoms with E-state index in [0.29, 0.717) is 5.39 Å². The van der Waals surface area contributed by atoms with Crippen LogP contribution in [0.1, 0.15) is 29.3 Å². The molecule has 1 heterocycles. The maximum absolute atomic E-state index is 11.5. The van der Waals surface area contributed by atoms with Gasteiger partial charge in [-0.2, -0.15) is 0 Å². The molecule has 0 unspecified atom stereocenters. The molecule has 19 heavy (non-hydrogen) atoms. The third-order valence-corrected chi connectivity index (χ3v) is 2.90. The first kappa shape index (κ1) is 12.9. The lowest BCUT2D eigenvalue weighted by Crippen LogP contribution is -2.22. The third kappa shape index (κ3) is 2.52. The van der Waals surface area contributed by atoms with E-state index in [9.17, 15) is 9.59 Å². The predicted molar refractivity (Wildman–Crippen MR) is 74.0 cm³/mol. The first-order chi connectivity index (χ1) is 9.02. The Bertz CT molecular complexity index is 645. The van der Waals surface area contributed by atoms with Gasteiger partial charge >= 0.3 is 6.03 Å². The van der Waals surface area contributed by atoms with Gasteiger partial charge in [-0.25, -0.2) is 4.79 Å². The van der Waals surface area contributed by atoms with Crippen molar-refractivity contribution < 1.29 is 9.59 Å². The van der Waals surface area contributed by atoms with Gasteiger partial charge in [0.15, 0.2) is 0 Å². The number of carbonyl (C=O) groups excluding carboxylic acids is 2. The third-order valence-electron chi connectivity index (χ3n) is 2.90. The zero-order valence-electron chi connectivity index (χ0n) is 10.6. The average molecular weight is 260 g/mol. The Labute approximate surface area is 110 Å². The highest BCUT2D eigenvalue weighted by molar-refractivity contribution is 6.12. The van der Waals surface area contributed by atoms with Crippen molar-refractivity contribution in [1.29, 1.82) is 0 Å². The predicted octanol–water partition coefficient (Wildman–Crippen LogP) is 1.71. The van der Waals surface area contributed by atoms with Crippen molar-refractivity contribution >= 4 is 28.7 Å². The van der Waals surface area contributed by atoms with Gasteiger partial charge in [-0.15, -0.1) is 0 Å². The zero-order valence-corrected chi connectivity index (χ0v) is 10.6. The molecule has 0 saturated carbocycles. The van der Waals surface area contributed by atoms with E-state index in [1.54, 1.807) is 0 Å². The van der Waals surface area contributed by atoms with Crippen LogP contribution in [0.2, 0.25) is 0 Å². The summed E-state index contributed by atoms with van der Waals surface area (Å²) in [7, 11) is 0. The first-order valence-electron chi connectivity index (χ1n) is 6.03. The largest absolute Gasteiger partial charge is 0.365 e. The van der Waals surface area contributed by atoms with E-state index in [4.69, 9.17) is 11.5 Å². The molecule has 0 bridgehead atoms. The number of anilines is 1. The van der Waals surface area contributed by atoms with Crippen LogP contribution < -0.4 is 16.8 Å². The van der Waals surface area contributed by atoms with Crippen molar-refractivity contribution in [2.75, 3.05) is 5.32 Å². The van der Waals surface area contributed by atoms with Crippen LogP contribution in [0.25, 0.3) is 10.9 Å². The molecule has 100 valence electrons. The van der Waals surface area contributed by atoms with E-state index in [2.05, 4.69) is 17.2 Å². The monoisotopic (exact) mass is 260 g/mol. The molecule has 0 aliphatic heterocycles. The topological polar surface area (TPSA) is 114 Å². The van der Waals surface area contributed by atoms with Crippen LogP contribution in [0.5, 0.6) is 0 Å². The van der Waals surface area contributed by atoms with Gasteiger partial charge in [0.25, 0.3) is 5.91 Å². The van der Waals surface area contributed by atoms with Gasteiger partial charge in [-0.05, 0) is 18.1 Å². The Balaban J connectivity index is 2.58. The summed E-state index contributed by atoms with van der Waals surface area (Å²) < 4.78 is 0. The molecule has 1 aromatic heterocycles. The molecule has 0 aliphatic rings. The van der Waals surface area contributed by atoms with Crippen molar-refractivity contribution in [3.8, 4) is 0 Å². The number of nitrogens with two attached hydrogens (primary N) is 2. The molecule has 6 nitrogen and oxygen atoms in total. The van der Waals surface area contributed by atoms with Crippen molar-refractivity contribution in [3.05, 3.63) is 29.3 Å². The zero-order chi connectivity index (χ0) is 14.0. The highest BCUT2D eigenvalue weighted by Crippen LogP contribution is 2.27. The highest BCUT2D eigenvalue weighted by Gasteiger charge is 2.17. The molecule has 6 N–H and O–H groups in total. The Kier molecular flexibility index (Phi) is 3.41. The summed E-state index contributed by atoms with van der Waals surface area (Å²) in [4.78, 5) is 25.4. The molecule has 0 atom stereocenters. The van der Waals surface area contributed by atoms with E-state index < -0.39 is 11.9 Å². The molecule has 6 heteroatoms. The summed E-state index contributed by atoms with van der Waals surface area (Å²) in [5, 5.41) is 3.06. The van der Waals surface area contributed by atoms with Crippen LogP contribution in [0, 0.1) is 0 Å². The molecule has 0 radical (unpaired) electrons. The van der Waals surface area contributed by atoms with Gasteiger partial charge in [0.1, 0.15) is 5.82 Å². The van der Waals surface area contributed by atoms with Crippen LogP contribution in [0.15, 0.2) is 18.2 Å². The molecule has 0 saturated heterocycles. The quantitative estimate of drug-likeness (QED) is 0.670. The van der Waals surface area contributed by atoms with Crippen LogP contribution in [0.3, 0.4) is 0 Å². The fraction of sp³-hybridized carbons (Fsp3) is 0.231. The summed E-state index contributed by atoms with van der Waals surface area (Å²) in [5.41, 5.74) is 12.6. The maximum atomic E-state index is 11.5. The Morgan fingerprint density at radius 3 is 2.63 bits per heavy atom. The molecule has 0 spiro atoms. The minimum atomic E-state index is -0.747. The molecule has 3 amide bonds. The molecular weight excluding hydrogens is 244 g/mol. The van der Waals surface area contributed by atoms with Gasteiger partial charge in [-0.1, -0.05) is 25.5 Å². The van der Waals surface area contributed by atoms with Gasteiger partial charge < -0.3 is 16.5 Å². The Hall–Kier alpha value is -2.50. The normalized spacial score (nSPS) is 10.6. The summed E-state index contributed by atoms with van der Waals surface area (Å²) >= 11 is 0. The number of amides is 3. The average Bonchev–Trinajstić information content (AvgIpc) is 2.65. The lowest BCUT2D eigenvalue weighted by molar-refractivity contribution is 0.100. The van der Waals surface area contributed by atoms with Crippen molar-refractivity contribution in [3.63, 3.8) is 0 Å². The Morgan fingerprint density at radius 1 is 1.32 bits per heavy atom. The van der Waals surface area contributed by atoms with E-state index in [-0.39, 0.29) is 11.4 Å². The standard InChI is InChI=1S/C13H16N4O2/c1-2-3-7-4-5-8-9(6-7)16-12(17-13(15)19)10(8)11(14)18/h4-6,16H,2-3H2,1H3,(H2,14,18)(H3,15,17,19). The number of primary amides is 2. The smallest absolute Gasteiger partial charge is 0.317 e. The van der Waals surface area contributed by atoms with Gasteiger partial charge in [0.2, 0.25) is 0 Å². The summed E-state index contributed by atoms with van der Waals surface area (Å²) in [6.07, 6.45) is 1.97. The van der Waals surface area contributed by atoms with E-state index in [1.165, 1.54) is 0 Å². The van der Waals surface area contributed by atoms with Crippen LogP contribution >= 0.6 is 0 Å². The second-order valence-corrected chi connectivity index (χ2v) is 4.36. The summed E-state index contributed by atoms with van der Waals surface area (Å²) in [6.45, 7) is 2.09. The SMILES string of the molecule is CCCc1ccc2c(C(N)=O)c(NC(N)=O)[nH]c2c1. The molecule has 2 rings (SSSR count). The van der Waals surface area contributed by atoms with Crippen molar-refractivity contribution in [2.24, 2.45) is 11.5 Å². The number of fused-ring (bicyclic) bond motifs is 1. The fourth-order valence-electron chi connectivity index (χ4n) is 2.16. The second-order valence-electron chi connectivity index (χ2n) is 4.36. The number of aryl methyl sites for hydroxylation is 1. The molecule has 2 aromatic rings. The van der Waals surface area contributed by atoms with E-state index in [1.807, 2.05) is 18.2 Å². The maximum Gasteiger partial charge on any atom is 0.317 e. The van der Waals surface area contributed by atoms with Crippen LogP contribution in [-0.4, -0.2) is 16.9 Å². The number of H-pyrrole nitrogens is 1.